The lowest BCUT2D eigenvalue weighted by molar-refractivity contribution is 0.0955. The zero-order chi connectivity index (χ0) is 13.8. The molecule has 18 heavy (non-hydrogen) atoms. The van der Waals surface area contributed by atoms with Crippen molar-refractivity contribution in [3.63, 3.8) is 0 Å². The molecule has 0 aromatic heterocycles. The molecule has 0 atom stereocenters. The predicted octanol–water partition coefficient (Wildman–Crippen LogP) is 1.04. The van der Waals surface area contributed by atoms with E-state index >= 15 is 0 Å². The maximum atomic E-state index is 11.8. The normalized spacial score (nSPS) is 11.3. The van der Waals surface area contributed by atoms with Crippen molar-refractivity contribution in [2.45, 2.75) is 6.92 Å². The van der Waals surface area contributed by atoms with E-state index in [-0.39, 0.29) is 18.2 Å². The van der Waals surface area contributed by atoms with Gasteiger partial charge in [-0.25, -0.2) is 13.1 Å². The summed E-state index contributed by atoms with van der Waals surface area (Å²) in [6, 6.07) is 5.30. The van der Waals surface area contributed by atoms with Crippen molar-refractivity contribution in [3.05, 3.63) is 33.8 Å². The molecule has 1 rings (SSSR count). The molecule has 0 aliphatic heterocycles. The molecule has 1 aromatic carbocycles. The van der Waals surface area contributed by atoms with Gasteiger partial charge < -0.3 is 5.32 Å². The van der Waals surface area contributed by atoms with Crippen molar-refractivity contribution in [3.8, 4) is 0 Å². The highest BCUT2D eigenvalue weighted by atomic mass is 79.9. The van der Waals surface area contributed by atoms with Gasteiger partial charge in [0, 0.05) is 16.6 Å². The Morgan fingerprint density at radius 3 is 2.67 bits per heavy atom. The zero-order valence-corrected chi connectivity index (χ0v) is 12.6. The van der Waals surface area contributed by atoms with E-state index in [4.69, 9.17) is 0 Å². The van der Waals surface area contributed by atoms with E-state index in [0.29, 0.717) is 5.56 Å². The van der Waals surface area contributed by atoms with E-state index in [9.17, 15) is 13.2 Å². The van der Waals surface area contributed by atoms with Crippen molar-refractivity contribution < 1.29 is 13.2 Å². The first-order valence-electron chi connectivity index (χ1n) is 5.32. The van der Waals surface area contributed by atoms with Crippen LogP contribution in [-0.4, -0.2) is 33.7 Å². The SMILES string of the molecule is CNS(=O)(=O)CCNC(=O)c1cccc(Br)c1C. The summed E-state index contributed by atoms with van der Waals surface area (Å²) < 4.78 is 25.4. The molecule has 5 nitrogen and oxygen atoms in total. The average molecular weight is 335 g/mol. The van der Waals surface area contributed by atoms with Gasteiger partial charge in [0.15, 0.2) is 0 Å². The van der Waals surface area contributed by atoms with Gasteiger partial charge in [-0.3, -0.25) is 4.79 Å². The molecule has 2 N–H and O–H groups in total. The van der Waals surface area contributed by atoms with Gasteiger partial charge >= 0.3 is 0 Å². The predicted molar refractivity (Wildman–Crippen MR) is 74.1 cm³/mol. The minimum Gasteiger partial charge on any atom is -0.351 e. The number of amides is 1. The Morgan fingerprint density at radius 1 is 1.39 bits per heavy atom. The van der Waals surface area contributed by atoms with Crippen LogP contribution < -0.4 is 10.0 Å². The fraction of sp³-hybridized carbons (Fsp3) is 0.364. The van der Waals surface area contributed by atoms with E-state index < -0.39 is 10.0 Å². The van der Waals surface area contributed by atoms with Crippen molar-refractivity contribution in [2.24, 2.45) is 0 Å². The number of sulfonamides is 1. The van der Waals surface area contributed by atoms with E-state index in [1.807, 2.05) is 13.0 Å². The van der Waals surface area contributed by atoms with E-state index in [1.54, 1.807) is 12.1 Å². The first kappa shape index (κ1) is 15.1. The highest BCUT2D eigenvalue weighted by molar-refractivity contribution is 9.10. The highest BCUT2D eigenvalue weighted by Crippen LogP contribution is 2.19. The van der Waals surface area contributed by atoms with E-state index in [0.717, 1.165) is 10.0 Å². The Morgan fingerprint density at radius 2 is 2.06 bits per heavy atom. The third-order valence-corrected chi connectivity index (χ3v) is 4.70. The van der Waals surface area contributed by atoms with E-state index in [2.05, 4.69) is 26.0 Å². The van der Waals surface area contributed by atoms with Crippen LogP contribution in [-0.2, 0) is 10.0 Å². The molecule has 1 aromatic rings. The topological polar surface area (TPSA) is 75.3 Å². The molecular formula is C11H15BrN2O3S. The van der Waals surface area contributed by atoms with Crippen LogP contribution in [0.1, 0.15) is 15.9 Å². The van der Waals surface area contributed by atoms with Crippen molar-refractivity contribution in [2.75, 3.05) is 19.3 Å². The Hall–Kier alpha value is -0.920. The summed E-state index contributed by atoms with van der Waals surface area (Å²) >= 11 is 3.34. The second kappa shape index (κ2) is 6.31. The maximum Gasteiger partial charge on any atom is 0.251 e. The maximum absolute atomic E-state index is 11.8. The summed E-state index contributed by atoms with van der Waals surface area (Å²) in [5, 5.41) is 2.58. The summed E-state index contributed by atoms with van der Waals surface area (Å²) in [5.41, 5.74) is 1.36. The first-order valence-corrected chi connectivity index (χ1v) is 7.76. The molecule has 0 saturated carbocycles. The van der Waals surface area contributed by atoms with Crippen LogP contribution in [0.2, 0.25) is 0 Å². The Bertz CT molecular complexity index is 543. The highest BCUT2D eigenvalue weighted by Gasteiger charge is 2.12. The molecule has 1 amide bonds. The number of benzene rings is 1. The first-order chi connectivity index (χ1) is 8.37. The summed E-state index contributed by atoms with van der Waals surface area (Å²) in [7, 11) is -1.95. The van der Waals surface area contributed by atoms with Gasteiger partial charge in [0.1, 0.15) is 0 Å². The number of hydrogen-bond acceptors (Lipinski definition) is 3. The van der Waals surface area contributed by atoms with Crippen molar-refractivity contribution >= 4 is 31.9 Å². The van der Waals surface area contributed by atoms with Gasteiger partial charge in [-0.05, 0) is 31.7 Å². The lowest BCUT2D eigenvalue weighted by atomic mass is 10.1. The smallest absolute Gasteiger partial charge is 0.251 e. The number of rotatable bonds is 5. The van der Waals surface area contributed by atoms with Gasteiger partial charge in [-0.15, -0.1) is 0 Å². The van der Waals surface area contributed by atoms with Crippen molar-refractivity contribution in [1.29, 1.82) is 0 Å². The molecule has 0 spiro atoms. The van der Waals surface area contributed by atoms with Gasteiger partial charge in [0.05, 0.1) is 5.75 Å². The number of hydrogen-bond donors (Lipinski definition) is 2. The average Bonchev–Trinajstić information content (AvgIpc) is 2.32. The number of nitrogens with one attached hydrogen (secondary N) is 2. The van der Waals surface area contributed by atoms with Gasteiger partial charge in [-0.1, -0.05) is 22.0 Å². The summed E-state index contributed by atoms with van der Waals surface area (Å²) in [4.78, 5) is 11.8. The van der Waals surface area contributed by atoms with Crippen LogP contribution in [0.4, 0.5) is 0 Å². The third kappa shape index (κ3) is 4.08. The van der Waals surface area contributed by atoms with Crippen LogP contribution >= 0.6 is 15.9 Å². The lowest BCUT2D eigenvalue weighted by Crippen LogP contribution is -2.33. The Labute approximate surface area is 115 Å². The number of halogens is 1. The Kier molecular flexibility index (Phi) is 5.30. The van der Waals surface area contributed by atoms with Crippen LogP contribution in [0.5, 0.6) is 0 Å². The second-order valence-corrected chi connectivity index (χ2v) is 6.59. The third-order valence-electron chi connectivity index (χ3n) is 2.48. The standard InChI is InChI=1S/C11H15BrN2O3S/c1-8-9(4-3-5-10(8)12)11(15)14-6-7-18(16,17)13-2/h3-5,13H,6-7H2,1-2H3,(H,14,15). The molecule has 0 fully saturated rings. The molecule has 0 unspecified atom stereocenters. The molecule has 0 bridgehead atoms. The summed E-state index contributed by atoms with van der Waals surface area (Å²) in [5.74, 6) is -0.414. The molecule has 100 valence electrons. The monoisotopic (exact) mass is 334 g/mol. The quantitative estimate of drug-likeness (QED) is 0.844. The largest absolute Gasteiger partial charge is 0.351 e. The minimum atomic E-state index is -3.29. The molecular weight excluding hydrogens is 320 g/mol. The van der Waals surface area contributed by atoms with Gasteiger partial charge in [0.25, 0.3) is 5.91 Å². The van der Waals surface area contributed by atoms with Gasteiger partial charge in [0.2, 0.25) is 10.0 Å². The van der Waals surface area contributed by atoms with Gasteiger partial charge in [-0.2, -0.15) is 0 Å². The van der Waals surface area contributed by atoms with Crippen LogP contribution in [0.15, 0.2) is 22.7 Å². The molecule has 0 radical (unpaired) electrons. The molecule has 7 heteroatoms. The number of carbonyl (C=O) groups excluding carboxylic acids is 1. The molecule has 0 saturated heterocycles. The van der Waals surface area contributed by atoms with Crippen LogP contribution in [0, 0.1) is 6.92 Å². The van der Waals surface area contributed by atoms with Crippen molar-refractivity contribution in [1.82, 2.24) is 10.0 Å². The Balaban J connectivity index is 2.64. The zero-order valence-electron chi connectivity index (χ0n) is 10.2. The van der Waals surface area contributed by atoms with E-state index in [1.165, 1.54) is 7.05 Å². The molecule has 0 heterocycles. The summed E-state index contributed by atoms with van der Waals surface area (Å²) in [6.45, 7) is 1.90. The fourth-order valence-electron chi connectivity index (χ4n) is 1.35. The van der Waals surface area contributed by atoms with Crippen LogP contribution in [0.3, 0.4) is 0 Å². The summed E-state index contributed by atoms with van der Waals surface area (Å²) in [6.07, 6.45) is 0. The minimum absolute atomic E-state index is 0.0773. The molecule has 0 aliphatic rings. The number of carbonyl (C=O) groups is 1. The fourth-order valence-corrected chi connectivity index (χ4v) is 2.29. The van der Waals surface area contributed by atoms with Crippen LogP contribution in [0.25, 0.3) is 0 Å². The second-order valence-electron chi connectivity index (χ2n) is 3.69. The lowest BCUT2D eigenvalue weighted by Gasteiger charge is -2.08. The molecule has 0 aliphatic carbocycles.